The number of ether oxygens (including phenoxy) is 2. The number of benzene rings is 1. The molecule has 0 bridgehead atoms. The van der Waals surface area contributed by atoms with E-state index in [2.05, 4.69) is 41.5 Å². The Hall–Kier alpha value is -2.11. The van der Waals surface area contributed by atoms with Crippen molar-refractivity contribution in [2.75, 3.05) is 20.8 Å². The van der Waals surface area contributed by atoms with Crippen LogP contribution in [-0.4, -0.2) is 31.7 Å². The number of methoxy groups -OCH3 is 2. The molecular formula is C20H31NO5. The van der Waals surface area contributed by atoms with Crippen LogP contribution in [0.5, 0.6) is 5.75 Å². The molecule has 0 radical (unpaired) electrons. The molecule has 0 aromatic heterocycles. The van der Waals surface area contributed by atoms with Crippen LogP contribution in [0.15, 0.2) is 12.1 Å². The van der Waals surface area contributed by atoms with Crippen LogP contribution >= 0.6 is 0 Å². The van der Waals surface area contributed by atoms with Crippen LogP contribution < -0.4 is 4.74 Å². The van der Waals surface area contributed by atoms with Gasteiger partial charge in [0.15, 0.2) is 0 Å². The van der Waals surface area contributed by atoms with Gasteiger partial charge in [-0.25, -0.2) is 0 Å². The molecule has 6 nitrogen and oxygen atoms in total. The minimum atomic E-state index is -0.550. The lowest BCUT2D eigenvalue weighted by Crippen LogP contribution is -2.22. The molecule has 0 heterocycles. The monoisotopic (exact) mass is 365 g/mol. The Morgan fingerprint density at radius 2 is 1.54 bits per heavy atom. The molecule has 0 fully saturated rings. The SMILES string of the molecule is COC(=O)CC(C[N+](=O)[O-])c1cc(C(C)(C)C)c(OC)c(C(C)(C)C)c1. The van der Waals surface area contributed by atoms with E-state index in [0.29, 0.717) is 0 Å². The summed E-state index contributed by atoms with van der Waals surface area (Å²) in [4.78, 5) is 22.6. The molecule has 0 saturated heterocycles. The van der Waals surface area contributed by atoms with Crippen LogP contribution in [-0.2, 0) is 20.4 Å². The van der Waals surface area contributed by atoms with E-state index >= 15 is 0 Å². The molecule has 146 valence electrons. The Morgan fingerprint density at radius 3 is 1.85 bits per heavy atom. The van der Waals surface area contributed by atoms with Crippen molar-refractivity contribution in [1.82, 2.24) is 0 Å². The van der Waals surface area contributed by atoms with Crippen LogP contribution in [0.4, 0.5) is 0 Å². The second-order valence-electron chi connectivity index (χ2n) is 8.64. The van der Waals surface area contributed by atoms with Gasteiger partial charge in [0.1, 0.15) is 5.75 Å². The molecule has 1 rings (SSSR count). The van der Waals surface area contributed by atoms with E-state index in [0.717, 1.165) is 22.4 Å². The molecule has 0 saturated carbocycles. The Bertz CT molecular complexity index is 633. The standard InChI is InChI=1S/C20H31NO5/c1-19(2,3)15-9-13(10-16(18(15)26-8)20(4,5)6)14(12-21(23)24)11-17(22)25-7/h9-10,14H,11-12H2,1-8H3. The highest BCUT2D eigenvalue weighted by molar-refractivity contribution is 5.70. The zero-order valence-corrected chi connectivity index (χ0v) is 17.1. The summed E-state index contributed by atoms with van der Waals surface area (Å²) < 4.78 is 10.5. The first-order chi connectivity index (χ1) is 11.8. The average molecular weight is 365 g/mol. The Morgan fingerprint density at radius 1 is 1.08 bits per heavy atom. The van der Waals surface area contributed by atoms with Gasteiger partial charge in [-0.15, -0.1) is 0 Å². The summed E-state index contributed by atoms with van der Waals surface area (Å²) in [6, 6.07) is 3.87. The molecule has 1 atom stereocenters. The third kappa shape index (κ3) is 5.44. The van der Waals surface area contributed by atoms with Crippen molar-refractivity contribution in [3.8, 4) is 5.75 Å². The fourth-order valence-electron chi connectivity index (χ4n) is 2.97. The van der Waals surface area contributed by atoms with Crippen molar-refractivity contribution in [2.45, 2.75) is 64.7 Å². The highest BCUT2D eigenvalue weighted by atomic mass is 16.6. The second kappa shape index (κ2) is 8.06. The van der Waals surface area contributed by atoms with Gasteiger partial charge >= 0.3 is 5.97 Å². The van der Waals surface area contributed by atoms with Crippen LogP contribution in [0.3, 0.4) is 0 Å². The van der Waals surface area contributed by atoms with Gasteiger partial charge in [0.25, 0.3) is 0 Å². The first kappa shape index (κ1) is 21.9. The number of nitrogens with zero attached hydrogens (tertiary/aromatic N) is 1. The van der Waals surface area contributed by atoms with Crippen molar-refractivity contribution >= 4 is 5.97 Å². The largest absolute Gasteiger partial charge is 0.496 e. The normalized spacial score (nSPS) is 13.2. The third-order valence-corrected chi connectivity index (χ3v) is 4.41. The van der Waals surface area contributed by atoms with E-state index in [-0.39, 0.29) is 28.7 Å². The van der Waals surface area contributed by atoms with E-state index in [1.54, 1.807) is 7.11 Å². The van der Waals surface area contributed by atoms with Crippen molar-refractivity contribution < 1.29 is 19.2 Å². The lowest BCUT2D eigenvalue weighted by molar-refractivity contribution is -0.483. The Balaban J connectivity index is 3.67. The van der Waals surface area contributed by atoms with E-state index in [1.165, 1.54) is 7.11 Å². The molecular weight excluding hydrogens is 334 g/mol. The molecule has 6 heteroatoms. The number of hydrogen-bond donors (Lipinski definition) is 0. The molecule has 0 amide bonds. The van der Waals surface area contributed by atoms with Crippen molar-refractivity contribution in [2.24, 2.45) is 0 Å². The fraction of sp³-hybridized carbons (Fsp3) is 0.650. The predicted octanol–water partition coefficient (Wildman–Crippen LogP) is 4.21. The van der Waals surface area contributed by atoms with Crippen molar-refractivity contribution in [3.63, 3.8) is 0 Å². The van der Waals surface area contributed by atoms with Crippen LogP contribution in [0.2, 0.25) is 0 Å². The summed E-state index contributed by atoms with van der Waals surface area (Å²) in [5.74, 6) is -0.209. The highest BCUT2D eigenvalue weighted by Crippen LogP contribution is 2.42. The van der Waals surface area contributed by atoms with Gasteiger partial charge in [-0.05, 0) is 16.4 Å². The van der Waals surface area contributed by atoms with Crippen molar-refractivity contribution in [3.05, 3.63) is 38.9 Å². The summed E-state index contributed by atoms with van der Waals surface area (Å²) in [6.45, 7) is 12.1. The zero-order chi connectivity index (χ0) is 20.3. The van der Waals surface area contributed by atoms with Gasteiger partial charge in [0.2, 0.25) is 6.54 Å². The summed E-state index contributed by atoms with van der Waals surface area (Å²) >= 11 is 0. The quantitative estimate of drug-likeness (QED) is 0.428. The van der Waals surface area contributed by atoms with Gasteiger partial charge in [0, 0.05) is 16.1 Å². The smallest absolute Gasteiger partial charge is 0.306 e. The molecule has 0 aliphatic carbocycles. The Labute approximate surface area is 156 Å². The zero-order valence-electron chi connectivity index (χ0n) is 17.1. The molecule has 1 aromatic carbocycles. The predicted molar refractivity (Wildman–Crippen MR) is 102 cm³/mol. The van der Waals surface area contributed by atoms with E-state index in [1.807, 2.05) is 12.1 Å². The van der Waals surface area contributed by atoms with Crippen molar-refractivity contribution in [1.29, 1.82) is 0 Å². The van der Waals surface area contributed by atoms with Crippen LogP contribution in [0.25, 0.3) is 0 Å². The first-order valence-corrected chi connectivity index (χ1v) is 8.72. The lowest BCUT2D eigenvalue weighted by Gasteiger charge is -2.30. The summed E-state index contributed by atoms with van der Waals surface area (Å²) in [5, 5.41) is 11.2. The third-order valence-electron chi connectivity index (χ3n) is 4.41. The van der Waals surface area contributed by atoms with Gasteiger partial charge in [0.05, 0.1) is 26.6 Å². The molecule has 1 unspecified atom stereocenters. The summed E-state index contributed by atoms with van der Waals surface area (Å²) in [5.41, 5.74) is 2.28. The minimum absolute atomic E-state index is 0.0308. The number of carbonyl (C=O) groups is 1. The maximum atomic E-state index is 11.8. The number of esters is 1. The molecule has 0 N–H and O–H groups in total. The van der Waals surface area contributed by atoms with Gasteiger partial charge in [-0.1, -0.05) is 53.7 Å². The lowest BCUT2D eigenvalue weighted by atomic mass is 9.76. The number of hydrogen-bond acceptors (Lipinski definition) is 5. The van der Waals surface area contributed by atoms with E-state index < -0.39 is 11.9 Å². The first-order valence-electron chi connectivity index (χ1n) is 8.72. The average Bonchev–Trinajstić information content (AvgIpc) is 2.50. The number of rotatable bonds is 6. The minimum Gasteiger partial charge on any atom is -0.496 e. The molecule has 26 heavy (non-hydrogen) atoms. The Kier molecular flexibility index (Phi) is 6.80. The molecule has 1 aromatic rings. The maximum Gasteiger partial charge on any atom is 0.306 e. The molecule has 0 aliphatic heterocycles. The van der Waals surface area contributed by atoms with Crippen LogP contribution in [0, 0.1) is 10.1 Å². The fourth-order valence-corrected chi connectivity index (χ4v) is 2.97. The second-order valence-corrected chi connectivity index (χ2v) is 8.64. The van der Waals surface area contributed by atoms with Gasteiger partial charge in [-0.3, -0.25) is 14.9 Å². The number of carbonyl (C=O) groups excluding carboxylic acids is 1. The van der Waals surface area contributed by atoms with Gasteiger partial charge in [-0.2, -0.15) is 0 Å². The van der Waals surface area contributed by atoms with Gasteiger partial charge < -0.3 is 9.47 Å². The van der Waals surface area contributed by atoms with E-state index in [4.69, 9.17) is 9.47 Å². The molecule has 0 aliphatic rings. The van der Waals surface area contributed by atoms with E-state index in [9.17, 15) is 14.9 Å². The summed E-state index contributed by atoms with van der Waals surface area (Å²) in [7, 11) is 2.93. The maximum absolute atomic E-state index is 11.8. The highest BCUT2D eigenvalue weighted by Gasteiger charge is 2.31. The number of nitro groups is 1. The molecule has 0 spiro atoms. The van der Waals surface area contributed by atoms with Crippen LogP contribution in [0.1, 0.15) is 70.6 Å². The summed E-state index contributed by atoms with van der Waals surface area (Å²) in [6.07, 6.45) is -0.0308. The topological polar surface area (TPSA) is 78.7 Å².